The van der Waals surface area contributed by atoms with Gasteiger partial charge in [0, 0.05) is 44.2 Å². The quantitative estimate of drug-likeness (QED) is 0.454. The number of ether oxygens (including phenoxy) is 2. The van der Waals surface area contributed by atoms with Crippen LogP contribution in [0.5, 0.6) is 5.75 Å². The molecule has 0 bridgehead atoms. The van der Waals surface area contributed by atoms with Crippen molar-refractivity contribution in [2.45, 2.75) is 90.9 Å². The molecule has 6 atom stereocenters. The predicted molar refractivity (Wildman–Crippen MR) is 143 cm³/mol. The van der Waals surface area contributed by atoms with Gasteiger partial charge in [-0.2, -0.15) is 0 Å². The Morgan fingerprint density at radius 3 is 2.46 bits per heavy atom. The van der Waals surface area contributed by atoms with E-state index in [4.69, 9.17) is 9.47 Å². The Balaban J connectivity index is 1.70. The van der Waals surface area contributed by atoms with Crippen molar-refractivity contribution >= 4 is 12.0 Å². The van der Waals surface area contributed by atoms with Gasteiger partial charge in [-0.25, -0.2) is 13.6 Å². The minimum absolute atomic E-state index is 0.0196. The fraction of sp³-hybridized carbons (Fsp3) is 0.714. The predicted octanol–water partition coefficient (Wildman–Crippen LogP) is 3.11. The van der Waals surface area contributed by atoms with E-state index in [0.717, 1.165) is 18.6 Å². The third-order valence-electron chi connectivity index (χ3n) is 7.48. The van der Waals surface area contributed by atoms with E-state index in [1.165, 1.54) is 18.0 Å². The average Bonchev–Trinajstić information content (AvgIpc) is 3.42. The summed E-state index contributed by atoms with van der Waals surface area (Å²) in [4.78, 5) is 29.0. The third-order valence-corrected chi connectivity index (χ3v) is 7.48. The van der Waals surface area contributed by atoms with Crippen LogP contribution in [0.3, 0.4) is 0 Å². The highest BCUT2D eigenvalue weighted by atomic mass is 19.2. The largest absolute Gasteiger partial charge is 0.493 e. The highest BCUT2D eigenvalue weighted by Crippen LogP contribution is 2.34. The zero-order valence-electron chi connectivity index (χ0n) is 24.3. The number of carbonyl (C=O) groups excluding carboxylic acids is 2. The first-order valence-electron chi connectivity index (χ1n) is 13.5. The fourth-order valence-electron chi connectivity index (χ4n) is 5.19. The van der Waals surface area contributed by atoms with Gasteiger partial charge in [0.05, 0.1) is 12.6 Å². The normalized spacial score (nSPS) is 24.0. The van der Waals surface area contributed by atoms with E-state index in [1.54, 1.807) is 27.7 Å². The fourth-order valence-corrected chi connectivity index (χ4v) is 5.19. The third kappa shape index (κ3) is 7.58. The molecule has 0 saturated carbocycles. The molecule has 6 unspecified atom stereocenters. The standard InChI is InChI=1S/C28H44F2N4O5/c1-16(33(8)26(37)39-28(5,6)7)24(35)32-23(27(2,3)4)25(36)34-12-11-21-22(34)17(14-31-21)15-38-18-9-10-19(29)20(30)13-18/h9-10,13,16-17,21-23,25,31,36H,11-12,14-15H2,1-8H3,(H,32,35). The van der Waals surface area contributed by atoms with Gasteiger partial charge in [-0.1, -0.05) is 20.8 Å². The number of nitrogens with one attached hydrogen (secondary N) is 2. The Morgan fingerprint density at radius 2 is 1.87 bits per heavy atom. The number of benzene rings is 1. The van der Waals surface area contributed by atoms with Crippen molar-refractivity contribution < 1.29 is 33.0 Å². The van der Waals surface area contributed by atoms with Crippen LogP contribution < -0.4 is 15.4 Å². The van der Waals surface area contributed by atoms with Crippen LogP contribution in [0, 0.1) is 23.0 Å². The minimum Gasteiger partial charge on any atom is -0.493 e. The van der Waals surface area contributed by atoms with E-state index in [1.807, 2.05) is 25.7 Å². The van der Waals surface area contributed by atoms with E-state index in [-0.39, 0.29) is 30.4 Å². The van der Waals surface area contributed by atoms with Crippen LogP contribution in [0.15, 0.2) is 18.2 Å². The zero-order chi connectivity index (χ0) is 29.3. The van der Waals surface area contributed by atoms with Crippen molar-refractivity contribution in [2.24, 2.45) is 11.3 Å². The number of fused-ring (bicyclic) bond motifs is 1. The number of rotatable bonds is 8. The molecule has 0 spiro atoms. The molecule has 1 aromatic rings. The Morgan fingerprint density at radius 1 is 1.21 bits per heavy atom. The molecule has 2 amide bonds. The molecule has 11 heteroatoms. The molecule has 1 aromatic carbocycles. The van der Waals surface area contributed by atoms with Crippen molar-refractivity contribution in [1.82, 2.24) is 20.4 Å². The summed E-state index contributed by atoms with van der Waals surface area (Å²) in [5.41, 5.74) is -1.21. The second-order valence-electron chi connectivity index (χ2n) is 12.7. The maximum atomic E-state index is 13.6. The second kappa shape index (κ2) is 11.9. The molecule has 39 heavy (non-hydrogen) atoms. The summed E-state index contributed by atoms with van der Waals surface area (Å²) in [7, 11) is 1.51. The van der Waals surface area contributed by atoms with Gasteiger partial charge in [0.25, 0.3) is 0 Å². The minimum atomic E-state index is -1.01. The smallest absolute Gasteiger partial charge is 0.410 e. The molecule has 3 rings (SSSR count). The molecule has 3 N–H and O–H groups in total. The van der Waals surface area contributed by atoms with Crippen LogP contribution in [0.25, 0.3) is 0 Å². The van der Waals surface area contributed by atoms with E-state index in [0.29, 0.717) is 13.1 Å². The highest BCUT2D eigenvalue weighted by molar-refractivity contribution is 5.85. The van der Waals surface area contributed by atoms with Crippen molar-refractivity contribution in [1.29, 1.82) is 0 Å². The van der Waals surface area contributed by atoms with Crippen molar-refractivity contribution in [3.8, 4) is 5.75 Å². The van der Waals surface area contributed by atoms with E-state index in [2.05, 4.69) is 10.6 Å². The number of aliphatic hydroxyl groups excluding tert-OH is 1. The van der Waals surface area contributed by atoms with Crippen molar-refractivity contribution in [3.63, 3.8) is 0 Å². The maximum absolute atomic E-state index is 13.6. The van der Waals surface area contributed by atoms with E-state index >= 15 is 0 Å². The highest BCUT2D eigenvalue weighted by Gasteiger charge is 2.49. The van der Waals surface area contributed by atoms with Gasteiger partial charge in [0.2, 0.25) is 5.91 Å². The summed E-state index contributed by atoms with van der Waals surface area (Å²) in [6, 6.07) is 2.03. The molecule has 2 aliphatic rings. The van der Waals surface area contributed by atoms with Gasteiger partial charge >= 0.3 is 6.09 Å². The Kier molecular flexibility index (Phi) is 9.50. The molecule has 0 aromatic heterocycles. The second-order valence-corrected chi connectivity index (χ2v) is 12.7. The number of nitrogens with zero attached hydrogens (tertiary/aromatic N) is 2. The van der Waals surface area contributed by atoms with Crippen LogP contribution in [-0.2, 0) is 9.53 Å². The molecule has 0 radical (unpaired) electrons. The average molecular weight is 555 g/mol. The summed E-state index contributed by atoms with van der Waals surface area (Å²) in [6.45, 7) is 14.2. The summed E-state index contributed by atoms with van der Waals surface area (Å²) < 4.78 is 38.1. The molecule has 2 saturated heterocycles. The lowest BCUT2D eigenvalue weighted by molar-refractivity contribution is -0.132. The summed E-state index contributed by atoms with van der Waals surface area (Å²) in [5.74, 6) is -2.08. The lowest BCUT2D eigenvalue weighted by Crippen LogP contribution is -2.62. The first-order valence-corrected chi connectivity index (χ1v) is 13.5. The molecule has 220 valence electrons. The summed E-state index contributed by atoms with van der Waals surface area (Å²) in [6.07, 6.45) is -0.804. The molecule has 2 fully saturated rings. The Hall–Kier alpha value is -2.50. The Labute approximate surface area is 230 Å². The SMILES string of the molecule is CC(C(=O)NC(C(O)N1CCC2NCC(COc3ccc(F)c(F)c3)C21)C(C)(C)C)N(C)C(=O)OC(C)(C)C. The number of carbonyl (C=O) groups is 2. The van der Waals surface area contributed by atoms with Crippen LogP contribution in [-0.4, -0.2) is 89.6 Å². The molecule has 9 nitrogen and oxygen atoms in total. The first kappa shape index (κ1) is 31.0. The first-order chi connectivity index (χ1) is 18.0. The number of hydrogen-bond donors (Lipinski definition) is 3. The number of aliphatic hydroxyl groups is 1. The van der Waals surface area contributed by atoms with E-state index in [9.17, 15) is 23.5 Å². The number of halogens is 2. The van der Waals surface area contributed by atoms with Gasteiger partial charge in [-0.3, -0.25) is 14.6 Å². The van der Waals surface area contributed by atoms with Gasteiger partial charge in [0.15, 0.2) is 11.6 Å². The molecule has 2 aliphatic heterocycles. The number of likely N-dealkylation sites (tertiary alicyclic amines) is 1. The van der Waals surface area contributed by atoms with Crippen LogP contribution in [0.1, 0.15) is 54.9 Å². The van der Waals surface area contributed by atoms with Gasteiger partial charge in [-0.15, -0.1) is 0 Å². The van der Waals surface area contributed by atoms with Gasteiger partial charge in [0.1, 0.15) is 23.6 Å². The monoisotopic (exact) mass is 554 g/mol. The lowest BCUT2D eigenvalue weighted by atomic mass is 9.84. The van der Waals surface area contributed by atoms with Crippen LogP contribution in [0.4, 0.5) is 13.6 Å². The lowest BCUT2D eigenvalue weighted by Gasteiger charge is -2.42. The summed E-state index contributed by atoms with van der Waals surface area (Å²) in [5, 5.41) is 18.1. The van der Waals surface area contributed by atoms with E-state index < -0.39 is 53.0 Å². The molecule has 0 aliphatic carbocycles. The van der Waals surface area contributed by atoms with Crippen molar-refractivity contribution in [3.05, 3.63) is 29.8 Å². The van der Waals surface area contributed by atoms with Gasteiger partial charge in [-0.05, 0) is 51.7 Å². The number of likely N-dealkylation sites (N-methyl/N-ethyl adjacent to an activating group) is 1. The number of amides is 2. The maximum Gasteiger partial charge on any atom is 0.410 e. The molecular weight excluding hydrogens is 510 g/mol. The van der Waals surface area contributed by atoms with Crippen molar-refractivity contribution in [2.75, 3.05) is 26.7 Å². The Bertz CT molecular complexity index is 1030. The topological polar surface area (TPSA) is 103 Å². The molecular formula is C28H44F2N4O5. The number of hydrogen-bond acceptors (Lipinski definition) is 7. The van der Waals surface area contributed by atoms with Crippen LogP contribution in [0.2, 0.25) is 0 Å². The van der Waals surface area contributed by atoms with Gasteiger partial charge < -0.3 is 25.2 Å². The zero-order valence-corrected chi connectivity index (χ0v) is 24.3. The summed E-state index contributed by atoms with van der Waals surface area (Å²) >= 11 is 0. The molecule has 2 heterocycles. The van der Waals surface area contributed by atoms with Crippen LogP contribution >= 0.6 is 0 Å².